The summed E-state index contributed by atoms with van der Waals surface area (Å²) >= 11 is 0. The topological polar surface area (TPSA) is 146 Å². The number of ether oxygens (including phenoxy) is 3. The van der Waals surface area contributed by atoms with Crippen molar-refractivity contribution in [3.05, 3.63) is 11.6 Å². The summed E-state index contributed by atoms with van der Waals surface area (Å²) in [5.74, 6) is -1.42. The van der Waals surface area contributed by atoms with E-state index in [9.17, 15) is 24.9 Å². The van der Waals surface area contributed by atoms with Gasteiger partial charge in [-0.05, 0) is 39.5 Å². The second-order valence-corrected chi connectivity index (χ2v) is 10.2. The van der Waals surface area contributed by atoms with Crippen molar-refractivity contribution in [1.82, 2.24) is 0 Å². The zero-order chi connectivity index (χ0) is 26.0. The lowest BCUT2D eigenvalue weighted by Gasteiger charge is -2.38. The van der Waals surface area contributed by atoms with Gasteiger partial charge in [-0.1, -0.05) is 38.2 Å². The second-order valence-electron chi connectivity index (χ2n) is 10.2. The number of aliphatic hydroxyl groups excluding tert-OH is 3. The molecule has 2 heterocycles. The van der Waals surface area contributed by atoms with Crippen LogP contribution in [0.25, 0.3) is 0 Å². The summed E-state index contributed by atoms with van der Waals surface area (Å²) in [4.78, 5) is 22.5. The minimum Gasteiger partial charge on any atom is -0.481 e. The van der Waals surface area contributed by atoms with Crippen molar-refractivity contribution >= 4 is 11.9 Å². The van der Waals surface area contributed by atoms with E-state index in [-0.39, 0.29) is 30.5 Å². The molecule has 0 aromatic carbocycles. The highest BCUT2D eigenvalue weighted by Gasteiger charge is 2.48. The first-order valence-corrected chi connectivity index (χ1v) is 13.0. The molecular formula is C26H44O9. The van der Waals surface area contributed by atoms with Gasteiger partial charge in [-0.25, -0.2) is 4.79 Å². The smallest absolute Gasteiger partial charge is 0.330 e. The van der Waals surface area contributed by atoms with Crippen LogP contribution in [0.2, 0.25) is 0 Å². The Balaban J connectivity index is 1.62. The largest absolute Gasteiger partial charge is 0.481 e. The highest BCUT2D eigenvalue weighted by Crippen LogP contribution is 2.38. The summed E-state index contributed by atoms with van der Waals surface area (Å²) in [7, 11) is 0. The van der Waals surface area contributed by atoms with Crippen LogP contribution in [-0.4, -0.2) is 82.2 Å². The minimum atomic E-state index is -1.06. The number of esters is 1. The van der Waals surface area contributed by atoms with Gasteiger partial charge in [-0.15, -0.1) is 0 Å². The fourth-order valence-corrected chi connectivity index (χ4v) is 4.59. The number of aliphatic hydroxyl groups is 3. The minimum absolute atomic E-state index is 0.0160. The molecule has 2 saturated heterocycles. The van der Waals surface area contributed by atoms with Gasteiger partial charge in [0.2, 0.25) is 0 Å². The Kier molecular flexibility index (Phi) is 12.6. The predicted molar refractivity (Wildman–Crippen MR) is 129 cm³/mol. The summed E-state index contributed by atoms with van der Waals surface area (Å²) in [5.41, 5.74) is 0.708. The maximum absolute atomic E-state index is 12.1. The Morgan fingerprint density at radius 3 is 2.34 bits per heavy atom. The third kappa shape index (κ3) is 10.6. The molecule has 4 N–H and O–H groups in total. The number of epoxide rings is 1. The predicted octanol–water partition coefficient (Wildman–Crippen LogP) is 2.59. The van der Waals surface area contributed by atoms with Crippen molar-refractivity contribution in [2.75, 3.05) is 13.2 Å². The first-order valence-electron chi connectivity index (χ1n) is 13.0. The lowest BCUT2D eigenvalue weighted by molar-refractivity contribution is -0.165. The van der Waals surface area contributed by atoms with Gasteiger partial charge in [0.25, 0.3) is 0 Å². The van der Waals surface area contributed by atoms with Crippen LogP contribution < -0.4 is 0 Å². The van der Waals surface area contributed by atoms with Crippen molar-refractivity contribution in [2.24, 2.45) is 11.8 Å². The molecule has 0 aromatic heterocycles. The molecule has 9 heteroatoms. The van der Waals surface area contributed by atoms with E-state index in [2.05, 4.69) is 0 Å². The lowest BCUT2D eigenvalue weighted by Crippen LogP contribution is -2.50. The Bertz CT molecular complexity index is 692. The van der Waals surface area contributed by atoms with E-state index in [1.807, 2.05) is 6.92 Å². The molecule has 35 heavy (non-hydrogen) atoms. The summed E-state index contributed by atoms with van der Waals surface area (Å²) in [6.45, 7) is 6.07. The quantitative estimate of drug-likeness (QED) is 0.109. The van der Waals surface area contributed by atoms with Gasteiger partial charge >= 0.3 is 11.9 Å². The van der Waals surface area contributed by atoms with Crippen molar-refractivity contribution in [3.63, 3.8) is 0 Å². The van der Waals surface area contributed by atoms with E-state index in [1.165, 1.54) is 6.08 Å². The molecule has 9 nitrogen and oxygen atoms in total. The summed E-state index contributed by atoms with van der Waals surface area (Å²) in [6.07, 6.45) is 4.61. The first-order chi connectivity index (χ1) is 16.6. The van der Waals surface area contributed by atoms with Crippen LogP contribution in [0.5, 0.6) is 0 Å². The van der Waals surface area contributed by atoms with Crippen LogP contribution in [0.4, 0.5) is 0 Å². The number of carbonyl (C=O) groups excluding carboxylic acids is 1. The van der Waals surface area contributed by atoms with Crippen molar-refractivity contribution < 1.29 is 44.2 Å². The zero-order valence-electron chi connectivity index (χ0n) is 21.3. The highest BCUT2D eigenvalue weighted by atomic mass is 16.6. The van der Waals surface area contributed by atoms with Crippen LogP contribution in [0.15, 0.2) is 11.6 Å². The Hall–Kier alpha value is -1.52. The van der Waals surface area contributed by atoms with E-state index in [0.29, 0.717) is 38.0 Å². The van der Waals surface area contributed by atoms with Crippen LogP contribution in [-0.2, 0) is 23.8 Å². The Morgan fingerprint density at radius 1 is 1.03 bits per heavy atom. The van der Waals surface area contributed by atoms with Gasteiger partial charge in [-0.2, -0.15) is 0 Å². The standard InChI is InChI=1S/C26H44O9/c1-16(13-23(30)33-11-9-7-5-4-6-8-10-22(28)29)12-20-25(32)24(31)19(15-34-20)14-21-26(35-21)17(2)18(3)27/h13,17-21,24-27,31-32H,4-12,14-15H2,1-3H3,(H,28,29)/b16-13+/t17-,18+,19+,20+,21+,24-,25-,26-/m1/s1. The molecule has 0 spiro atoms. The third-order valence-electron chi connectivity index (χ3n) is 7.09. The molecule has 0 radical (unpaired) electrons. The average Bonchev–Trinajstić information content (AvgIpc) is 3.55. The SMILES string of the molecule is C/C(=C\C(=O)OCCCCCCCCC(=O)O)C[C@@H]1OC[C@H](C[C@@H]2O[C@@H]2[C@H](C)[C@H](C)O)[C@@H](O)[C@@H]1O. The molecule has 8 atom stereocenters. The molecule has 2 rings (SSSR count). The maximum Gasteiger partial charge on any atom is 0.330 e. The lowest BCUT2D eigenvalue weighted by atomic mass is 9.85. The number of hydrogen-bond acceptors (Lipinski definition) is 8. The molecule has 0 aliphatic carbocycles. The van der Waals surface area contributed by atoms with Crippen molar-refractivity contribution in [1.29, 1.82) is 0 Å². The molecular weight excluding hydrogens is 456 g/mol. The summed E-state index contributed by atoms with van der Waals surface area (Å²) in [5, 5.41) is 39.5. The number of carboxylic acid groups (broad SMARTS) is 1. The molecule has 0 unspecified atom stereocenters. The number of hydrogen-bond donors (Lipinski definition) is 4. The van der Waals surface area contributed by atoms with Gasteiger partial charge in [0.05, 0.1) is 43.7 Å². The first kappa shape index (κ1) is 29.7. The number of rotatable bonds is 16. The molecule has 0 aromatic rings. The highest BCUT2D eigenvalue weighted by molar-refractivity contribution is 5.82. The molecule has 0 amide bonds. The van der Waals surface area contributed by atoms with Crippen LogP contribution in [0, 0.1) is 11.8 Å². The van der Waals surface area contributed by atoms with E-state index < -0.39 is 36.4 Å². The molecule has 202 valence electrons. The van der Waals surface area contributed by atoms with Crippen LogP contribution in [0.3, 0.4) is 0 Å². The molecule has 2 aliphatic heterocycles. The number of carbonyl (C=O) groups is 2. The van der Waals surface area contributed by atoms with Crippen LogP contribution >= 0.6 is 0 Å². The molecule has 2 aliphatic rings. The fourth-order valence-electron chi connectivity index (χ4n) is 4.59. The number of unbranched alkanes of at least 4 members (excludes halogenated alkanes) is 5. The van der Waals surface area contributed by atoms with E-state index in [4.69, 9.17) is 19.3 Å². The maximum atomic E-state index is 12.1. The van der Waals surface area contributed by atoms with Crippen molar-refractivity contribution in [2.45, 2.75) is 115 Å². The summed E-state index contributed by atoms with van der Waals surface area (Å²) in [6, 6.07) is 0. The molecule has 2 fully saturated rings. The molecule has 0 bridgehead atoms. The van der Waals surface area contributed by atoms with E-state index >= 15 is 0 Å². The zero-order valence-corrected chi connectivity index (χ0v) is 21.3. The monoisotopic (exact) mass is 500 g/mol. The molecule has 0 saturated carbocycles. The third-order valence-corrected chi connectivity index (χ3v) is 7.09. The van der Waals surface area contributed by atoms with Gasteiger partial charge in [0.1, 0.15) is 6.10 Å². The number of aliphatic carboxylic acids is 1. The van der Waals surface area contributed by atoms with Crippen molar-refractivity contribution in [3.8, 4) is 0 Å². The van der Waals surface area contributed by atoms with E-state index in [1.54, 1.807) is 13.8 Å². The average molecular weight is 501 g/mol. The Morgan fingerprint density at radius 2 is 1.69 bits per heavy atom. The van der Waals surface area contributed by atoms with E-state index in [0.717, 1.165) is 32.1 Å². The fraction of sp³-hybridized carbons (Fsp3) is 0.846. The summed E-state index contributed by atoms with van der Waals surface area (Å²) < 4.78 is 16.7. The van der Waals surface area contributed by atoms with Gasteiger partial charge in [0.15, 0.2) is 0 Å². The number of carboxylic acids is 1. The van der Waals surface area contributed by atoms with Gasteiger partial charge < -0.3 is 34.6 Å². The second kappa shape index (κ2) is 14.9. The van der Waals surface area contributed by atoms with Gasteiger partial charge in [0, 0.05) is 24.3 Å². The van der Waals surface area contributed by atoms with Crippen LogP contribution in [0.1, 0.15) is 78.6 Å². The van der Waals surface area contributed by atoms with Gasteiger partial charge in [-0.3, -0.25) is 4.79 Å². The Labute approximate surface area is 208 Å². The normalized spacial score (nSPS) is 30.5.